The number of nitrogens with zero attached hydrogens (tertiary/aromatic N) is 2. The molecule has 2 nitrogen and oxygen atoms in total. The Morgan fingerprint density at radius 3 is 2.40 bits per heavy atom. The summed E-state index contributed by atoms with van der Waals surface area (Å²) in [5.41, 5.74) is 2.74. The zero-order chi connectivity index (χ0) is 11.3. The van der Waals surface area contributed by atoms with Gasteiger partial charge in [0.15, 0.2) is 0 Å². The maximum Gasteiger partial charge on any atom is 0.0231 e. The molecule has 1 aromatic carbocycles. The van der Waals surface area contributed by atoms with Gasteiger partial charge in [-0.25, -0.2) is 0 Å². The lowest BCUT2D eigenvalue weighted by Crippen LogP contribution is -2.28. The van der Waals surface area contributed by atoms with Crippen LogP contribution in [0.2, 0.25) is 0 Å². The van der Waals surface area contributed by atoms with Crippen LogP contribution < -0.4 is 0 Å². The standard InChI is InChI=1S/C13H22N2/c1-12-6-5-7-13(10-12)11-15(4)9-8-14(2)3/h5-7,10H,8-9,11H2,1-4H3. The van der Waals surface area contributed by atoms with Crippen LogP contribution in [-0.4, -0.2) is 44.0 Å². The van der Waals surface area contributed by atoms with Crippen molar-refractivity contribution in [1.29, 1.82) is 0 Å². The number of hydrogen-bond donors (Lipinski definition) is 0. The average Bonchev–Trinajstić information content (AvgIpc) is 2.15. The van der Waals surface area contributed by atoms with E-state index in [1.165, 1.54) is 11.1 Å². The lowest BCUT2D eigenvalue weighted by Gasteiger charge is -2.19. The van der Waals surface area contributed by atoms with Crippen molar-refractivity contribution < 1.29 is 0 Å². The molecule has 0 aromatic heterocycles. The molecule has 0 saturated carbocycles. The molecule has 0 atom stereocenters. The number of rotatable bonds is 5. The van der Waals surface area contributed by atoms with Crippen LogP contribution in [-0.2, 0) is 6.54 Å². The second-order valence-electron chi connectivity index (χ2n) is 4.53. The Labute approximate surface area is 93.5 Å². The molecular weight excluding hydrogens is 184 g/mol. The Morgan fingerprint density at radius 1 is 1.07 bits per heavy atom. The zero-order valence-electron chi connectivity index (χ0n) is 10.3. The largest absolute Gasteiger partial charge is 0.308 e. The topological polar surface area (TPSA) is 6.48 Å². The third-order valence-corrected chi connectivity index (χ3v) is 2.46. The van der Waals surface area contributed by atoms with Crippen molar-refractivity contribution in [2.24, 2.45) is 0 Å². The first-order valence-corrected chi connectivity index (χ1v) is 5.47. The molecule has 0 unspecified atom stereocenters. The second-order valence-corrected chi connectivity index (χ2v) is 4.53. The maximum absolute atomic E-state index is 2.36. The highest BCUT2D eigenvalue weighted by Gasteiger charge is 2.00. The molecule has 0 heterocycles. The van der Waals surface area contributed by atoms with Crippen molar-refractivity contribution in [1.82, 2.24) is 9.80 Å². The predicted octanol–water partition coefficient (Wildman–Crippen LogP) is 1.99. The molecule has 1 aromatic rings. The highest BCUT2D eigenvalue weighted by Crippen LogP contribution is 2.06. The summed E-state index contributed by atoms with van der Waals surface area (Å²) < 4.78 is 0. The Morgan fingerprint density at radius 2 is 1.80 bits per heavy atom. The van der Waals surface area contributed by atoms with Gasteiger partial charge in [0, 0.05) is 19.6 Å². The first-order valence-electron chi connectivity index (χ1n) is 5.47. The molecule has 0 N–H and O–H groups in total. The molecule has 0 radical (unpaired) electrons. The molecule has 84 valence electrons. The molecule has 0 amide bonds. The summed E-state index contributed by atoms with van der Waals surface area (Å²) in [5.74, 6) is 0. The van der Waals surface area contributed by atoms with E-state index in [1.807, 2.05) is 0 Å². The Bertz CT molecular complexity index is 294. The van der Waals surface area contributed by atoms with Gasteiger partial charge in [0.25, 0.3) is 0 Å². The first kappa shape index (κ1) is 12.2. The summed E-state index contributed by atoms with van der Waals surface area (Å²) in [4.78, 5) is 4.57. The van der Waals surface area contributed by atoms with Crippen molar-refractivity contribution in [3.8, 4) is 0 Å². The summed E-state index contributed by atoms with van der Waals surface area (Å²) in [6.07, 6.45) is 0. The minimum atomic E-state index is 1.04. The molecular formula is C13H22N2. The molecule has 0 aliphatic carbocycles. The summed E-state index contributed by atoms with van der Waals surface area (Å²) in [7, 11) is 6.40. The Hall–Kier alpha value is -0.860. The van der Waals surface area contributed by atoms with Crippen LogP contribution >= 0.6 is 0 Å². The van der Waals surface area contributed by atoms with Crippen molar-refractivity contribution in [3.05, 3.63) is 35.4 Å². The van der Waals surface area contributed by atoms with Crippen molar-refractivity contribution in [2.45, 2.75) is 13.5 Å². The molecule has 2 heteroatoms. The van der Waals surface area contributed by atoms with E-state index in [-0.39, 0.29) is 0 Å². The van der Waals surface area contributed by atoms with Gasteiger partial charge in [0.1, 0.15) is 0 Å². The lowest BCUT2D eigenvalue weighted by atomic mass is 10.1. The summed E-state index contributed by atoms with van der Waals surface area (Å²) in [5, 5.41) is 0. The third-order valence-electron chi connectivity index (χ3n) is 2.46. The van der Waals surface area contributed by atoms with Crippen molar-refractivity contribution >= 4 is 0 Å². The number of likely N-dealkylation sites (N-methyl/N-ethyl adjacent to an activating group) is 2. The average molecular weight is 206 g/mol. The van der Waals surface area contributed by atoms with Crippen molar-refractivity contribution in [2.75, 3.05) is 34.2 Å². The van der Waals surface area contributed by atoms with Gasteiger partial charge in [-0.3, -0.25) is 0 Å². The predicted molar refractivity (Wildman–Crippen MR) is 66.1 cm³/mol. The highest BCUT2D eigenvalue weighted by atomic mass is 15.1. The third kappa shape index (κ3) is 4.96. The van der Waals surface area contributed by atoms with Crippen LogP contribution in [0.25, 0.3) is 0 Å². The second kappa shape index (κ2) is 5.89. The molecule has 0 bridgehead atoms. The van der Waals surface area contributed by atoms with Gasteiger partial charge in [-0.2, -0.15) is 0 Å². The normalized spacial score (nSPS) is 11.3. The van der Waals surface area contributed by atoms with Crippen LogP contribution in [0.3, 0.4) is 0 Å². The summed E-state index contributed by atoms with van der Waals surface area (Å²) >= 11 is 0. The monoisotopic (exact) mass is 206 g/mol. The van der Waals surface area contributed by atoms with E-state index in [4.69, 9.17) is 0 Å². The van der Waals surface area contributed by atoms with E-state index < -0.39 is 0 Å². The van der Waals surface area contributed by atoms with Crippen LogP contribution in [0, 0.1) is 6.92 Å². The fourth-order valence-electron chi connectivity index (χ4n) is 1.57. The van der Waals surface area contributed by atoms with Gasteiger partial charge in [-0.15, -0.1) is 0 Å². The summed E-state index contributed by atoms with van der Waals surface area (Å²) in [6.45, 7) is 5.40. The zero-order valence-corrected chi connectivity index (χ0v) is 10.3. The molecule has 0 spiro atoms. The minimum Gasteiger partial charge on any atom is -0.308 e. The molecule has 0 fully saturated rings. The van der Waals surface area contributed by atoms with E-state index in [0.717, 1.165) is 19.6 Å². The smallest absolute Gasteiger partial charge is 0.0231 e. The molecule has 1 rings (SSSR count). The maximum atomic E-state index is 2.36. The van der Waals surface area contributed by atoms with Gasteiger partial charge in [-0.1, -0.05) is 29.8 Å². The van der Waals surface area contributed by atoms with Gasteiger partial charge in [0.05, 0.1) is 0 Å². The van der Waals surface area contributed by atoms with Crippen LogP contribution in [0.15, 0.2) is 24.3 Å². The van der Waals surface area contributed by atoms with E-state index in [0.29, 0.717) is 0 Å². The molecule has 15 heavy (non-hydrogen) atoms. The van der Waals surface area contributed by atoms with E-state index in [1.54, 1.807) is 0 Å². The fourth-order valence-corrected chi connectivity index (χ4v) is 1.57. The van der Waals surface area contributed by atoms with E-state index >= 15 is 0 Å². The van der Waals surface area contributed by atoms with Crippen molar-refractivity contribution in [3.63, 3.8) is 0 Å². The van der Waals surface area contributed by atoms with E-state index in [2.05, 4.69) is 62.1 Å². The lowest BCUT2D eigenvalue weighted by molar-refractivity contribution is 0.276. The van der Waals surface area contributed by atoms with Crippen LogP contribution in [0.5, 0.6) is 0 Å². The summed E-state index contributed by atoms with van der Waals surface area (Å²) in [6, 6.07) is 8.72. The first-order chi connectivity index (χ1) is 7.08. The SMILES string of the molecule is Cc1cccc(CN(C)CCN(C)C)c1. The van der Waals surface area contributed by atoms with E-state index in [9.17, 15) is 0 Å². The molecule has 0 aliphatic heterocycles. The molecule has 0 saturated heterocycles. The number of hydrogen-bond acceptors (Lipinski definition) is 2. The quantitative estimate of drug-likeness (QED) is 0.727. The Balaban J connectivity index is 2.40. The number of benzene rings is 1. The fraction of sp³-hybridized carbons (Fsp3) is 0.538. The molecule has 0 aliphatic rings. The van der Waals surface area contributed by atoms with Gasteiger partial charge in [0.2, 0.25) is 0 Å². The van der Waals surface area contributed by atoms with Crippen LogP contribution in [0.4, 0.5) is 0 Å². The highest BCUT2D eigenvalue weighted by molar-refractivity contribution is 5.21. The van der Waals surface area contributed by atoms with Gasteiger partial charge >= 0.3 is 0 Å². The minimum absolute atomic E-state index is 1.04. The Kier molecular flexibility index (Phi) is 4.79. The van der Waals surface area contributed by atoms with Gasteiger partial charge in [-0.05, 0) is 33.6 Å². The number of aryl methyl sites for hydroxylation is 1. The van der Waals surface area contributed by atoms with Gasteiger partial charge < -0.3 is 9.80 Å². The van der Waals surface area contributed by atoms with Crippen LogP contribution in [0.1, 0.15) is 11.1 Å².